The Balaban J connectivity index is 2.17. The molecule has 2 heterocycles. The summed E-state index contributed by atoms with van der Waals surface area (Å²) < 4.78 is 0. The van der Waals surface area contributed by atoms with Crippen molar-refractivity contribution in [2.24, 2.45) is 0 Å². The Morgan fingerprint density at radius 3 is 2.88 bits per heavy atom. The molecule has 0 aliphatic rings. The number of hydrogen-bond donors (Lipinski definition) is 2. The van der Waals surface area contributed by atoms with Crippen LogP contribution in [0.1, 0.15) is 10.5 Å². The molecule has 0 bridgehead atoms. The first-order valence-electron chi connectivity index (χ1n) is 4.50. The van der Waals surface area contributed by atoms with Crippen LogP contribution in [0.15, 0.2) is 29.5 Å². The zero-order chi connectivity index (χ0) is 12.3. The smallest absolute Gasteiger partial charge is 0.278 e. The molecule has 0 spiro atoms. The largest absolute Gasteiger partial charge is 0.325 e. The molecule has 2 rings (SSSR count). The van der Waals surface area contributed by atoms with Crippen LogP contribution >= 0.6 is 11.6 Å². The fourth-order valence-electron chi connectivity index (χ4n) is 1.03. The second-order valence-electron chi connectivity index (χ2n) is 2.95. The minimum atomic E-state index is -0.538. The van der Waals surface area contributed by atoms with Crippen molar-refractivity contribution in [2.75, 3.05) is 5.32 Å². The maximum absolute atomic E-state index is 11.6. The third-order valence-corrected chi connectivity index (χ3v) is 1.96. The molecule has 8 heteroatoms. The van der Waals surface area contributed by atoms with E-state index in [9.17, 15) is 9.59 Å². The van der Waals surface area contributed by atoms with E-state index in [2.05, 4.69) is 25.3 Å². The molecule has 2 N–H and O–H groups in total. The predicted molar refractivity (Wildman–Crippen MR) is 59.9 cm³/mol. The first kappa shape index (κ1) is 11.2. The van der Waals surface area contributed by atoms with Crippen molar-refractivity contribution in [3.63, 3.8) is 0 Å². The maximum Gasteiger partial charge on any atom is 0.278 e. The Morgan fingerprint density at radius 2 is 2.24 bits per heavy atom. The summed E-state index contributed by atoms with van der Waals surface area (Å²) in [5, 5.41) is 2.60. The Morgan fingerprint density at radius 1 is 1.41 bits per heavy atom. The Labute approximate surface area is 99.9 Å². The van der Waals surface area contributed by atoms with Crippen LogP contribution in [0.5, 0.6) is 0 Å². The molecule has 0 unspecified atom stereocenters. The van der Waals surface area contributed by atoms with Gasteiger partial charge in [-0.2, -0.15) is 0 Å². The van der Waals surface area contributed by atoms with Crippen molar-refractivity contribution in [1.29, 1.82) is 0 Å². The molecule has 17 heavy (non-hydrogen) atoms. The molecule has 2 aromatic heterocycles. The molecule has 86 valence electrons. The molecule has 0 saturated carbocycles. The fourth-order valence-corrected chi connectivity index (χ4v) is 1.17. The molecule has 0 saturated heterocycles. The number of carbonyl (C=O) groups is 1. The lowest BCUT2D eigenvalue weighted by atomic mass is 10.4. The second-order valence-corrected chi connectivity index (χ2v) is 3.34. The number of amides is 1. The Hall–Kier alpha value is -2.28. The molecule has 1 amide bonds. The van der Waals surface area contributed by atoms with Gasteiger partial charge in [0, 0.05) is 12.4 Å². The number of anilines is 1. The highest BCUT2D eigenvalue weighted by Crippen LogP contribution is 2.06. The summed E-state index contributed by atoms with van der Waals surface area (Å²) >= 11 is 5.63. The number of nitrogens with one attached hydrogen (secondary N) is 2. The van der Waals surface area contributed by atoms with Crippen LogP contribution in [0.2, 0.25) is 5.15 Å². The number of rotatable bonds is 2. The van der Waals surface area contributed by atoms with E-state index in [1.807, 2.05) is 0 Å². The van der Waals surface area contributed by atoms with Gasteiger partial charge in [0.25, 0.3) is 11.5 Å². The van der Waals surface area contributed by atoms with Gasteiger partial charge < -0.3 is 4.98 Å². The molecule has 0 radical (unpaired) electrons. The van der Waals surface area contributed by atoms with E-state index < -0.39 is 5.91 Å². The molecular weight excluding hydrogens is 246 g/mol. The van der Waals surface area contributed by atoms with Crippen molar-refractivity contribution < 1.29 is 4.79 Å². The summed E-state index contributed by atoms with van der Waals surface area (Å²) in [6, 6.07) is 1.48. The highest BCUT2D eigenvalue weighted by molar-refractivity contribution is 6.29. The molecule has 0 aliphatic heterocycles. The van der Waals surface area contributed by atoms with Crippen LogP contribution in [-0.4, -0.2) is 25.8 Å². The third kappa shape index (κ3) is 2.85. The molecule has 0 aromatic carbocycles. The van der Waals surface area contributed by atoms with Crippen LogP contribution in [0.3, 0.4) is 0 Å². The summed E-state index contributed by atoms with van der Waals surface area (Å²) in [6.45, 7) is 0. The van der Waals surface area contributed by atoms with Crippen LogP contribution in [0.25, 0.3) is 0 Å². The monoisotopic (exact) mass is 251 g/mol. The fraction of sp³-hybridized carbons (Fsp3) is 0. The minimum Gasteiger partial charge on any atom is -0.325 e. The van der Waals surface area contributed by atoms with E-state index in [0.717, 1.165) is 6.20 Å². The first-order chi connectivity index (χ1) is 8.15. The quantitative estimate of drug-likeness (QED) is 0.756. The van der Waals surface area contributed by atoms with Crippen molar-refractivity contribution in [3.05, 3.63) is 45.9 Å². The SMILES string of the molecule is O=C(Nc1nccc(Cl)n1)c1c[nH]c(=O)cn1. The summed E-state index contributed by atoms with van der Waals surface area (Å²) in [5.41, 5.74) is -0.339. The molecule has 2 aromatic rings. The molecule has 0 atom stereocenters. The summed E-state index contributed by atoms with van der Waals surface area (Å²) in [5.74, 6) is -0.473. The number of hydrogen-bond acceptors (Lipinski definition) is 5. The van der Waals surface area contributed by atoms with E-state index in [1.54, 1.807) is 0 Å². The van der Waals surface area contributed by atoms with Crippen LogP contribution in [-0.2, 0) is 0 Å². The van der Waals surface area contributed by atoms with E-state index in [0.29, 0.717) is 0 Å². The summed E-state index contributed by atoms with van der Waals surface area (Å²) in [7, 11) is 0. The van der Waals surface area contributed by atoms with Gasteiger partial charge in [0.15, 0.2) is 0 Å². The first-order valence-corrected chi connectivity index (χ1v) is 4.87. The number of aromatic nitrogens is 4. The lowest BCUT2D eigenvalue weighted by Gasteiger charge is -2.01. The standard InChI is InChI=1S/C9H6ClN5O2/c10-6-1-2-11-9(14-6)15-8(17)5-3-13-7(16)4-12-5/h1-4H,(H,13,16)(H,11,14,15,17). The number of H-pyrrole nitrogens is 1. The molecular formula is C9H6ClN5O2. The van der Waals surface area contributed by atoms with E-state index in [1.165, 1.54) is 18.5 Å². The van der Waals surface area contributed by atoms with Gasteiger partial charge >= 0.3 is 0 Å². The van der Waals surface area contributed by atoms with Crippen molar-refractivity contribution in [2.45, 2.75) is 0 Å². The van der Waals surface area contributed by atoms with Gasteiger partial charge in [-0.05, 0) is 6.07 Å². The molecule has 0 fully saturated rings. The van der Waals surface area contributed by atoms with Gasteiger partial charge in [0.1, 0.15) is 10.8 Å². The highest BCUT2D eigenvalue weighted by Gasteiger charge is 2.09. The Bertz CT molecular complexity index is 592. The van der Waals surface area contributed by atoms with Crippen molar-refractivity contribution in [3.8, 4) is 0 Å². The Kier molecular flexibility index (Phi) is 3.10. The summed E-state index contributed by atoms with van der Waals surface area (Å²) in [6.07, 6.45) is 3.61. The number of carbonyl (C=O) groups excluding carboxylic acids is 1. The van der Waals surface area contributed by atoms with Crippen molar-refractivity contribution >= 4 is 23.5 Å². The topological polar surface area (TPSA) is 101 Å². The lowest BCUT2D eigenvalue weighted by molar-refractivity contribution is 0.102. The van der Waals surface area contributed by atoms with Gasteiger partial charge in [-0.1, -0.05) is 11.6 Å². The van der Waals surface area contributed by atoms with Crippen LogP contribution in [0, 0.1) is 0 Å². The third-order valence-electron chi connectivity index (χ3n) is 1.75. The number of aromatic amines is 1. The van der Waals surface area contributed by atoms with Gasteiger partial charge in [-0.15, -0.1) is 0 Å². The van der Waals surface area contributed by atoms with E-state index in [-0.39, 0.29) is 22.4 Å². The normalized spacial score (nSPS) is 9.94. The predicted octanol–water partition coefficient (Wildman–Crippen LogP) is 0.466. The lowest BCUT2D eigenvalue weighted by Crippen LogP contribution is -2.18. The van der Waals surface area contributed by atoms with Crippen molar-refractivity contribution in [1.82, 2.24) is 19.9 Å². The van der Waals surface area contributed by atoms with E-state index >= 15 is 0 Å². The van der Waals surface area contributed by atoms with Gasteiger partial charge in [-0.3, -0.25) is 14.9 Å². The second kappa shape index (κ2) is 4.71. The van der Waals surface area contributed by atoms with Gasteiger partial charge in [0.05, 0.1) is 6.20 Å². The average Bonchev–Trinajstić information content (AvgIpc) is 2.29. The van der Waals surface area contributed by atoms with Crippen LogP contribution < -0.4 is 10.9 Å². The van der Waals surface area contributed by atoms with E-state index in [4.69, 9.17) is 11.6 Å². The number of nitrogens with zero attached hydrogens (tertiary/aromatic N) is 3. The average molecular weight is 252 g/mol. The van der Waals surface area contributed by atoms with Crippen LogP contribution in [0.4, 0.5) is 5.95 Å². The molecule has 0 aliphatic carbocycles. The summed E-state index contributed by atoms with van der Waals surface area (Å²) in [4.78, 5) is 35.9. The molecule has 7 nitrogen and oxygen atoms in total. The zero-order valence-corrected chi connectivity index (χ0v) is 9.10. The number of halogens is 1. The van der Waals surface area contributed by atoms with Gasteiger partial charge in [-0.25, -0.2) is 15.0 Å². The van der Waals surface area contributed by atoms with Gasteiger partial charge in [0.2, 0.25) is 5.95 Å². The zero-order valence-electron chi connectivity index (χ0n) is 8.35. The minimum absolute atomic E-state index is 0.0492. The maximum atomic E-state index is 11.6. The highest BCUT2D eigenvalue weighted by atomic mass is 35.5.